The minimum Gasteiger partial charge on any atom is -0.481 e. The van der Waals surface area contributed by atoms with E-state index in [9.17, 15) is 22.0 Å². The lowest BCUT2D eigenvalue weighted by Crippen LogP contribution is -2.33. The fourth-order valence-electron chi connectivity index (χ4n) is 3.05. The Morgan fingerprint density at radius 3 is 2.59 bits per heavy atom. The topological polar surface area (TPSA) is 126 Å². The van der Waals surface area contributed by atoms with Gasteiger partial charge in [-0.15, -0.1) is 0 Å². The molecule has 156 valence electrons. The molecule has 29 heavy (non-hydrogen) atoms. The van der Waals surface area contributed by atoms with Crippen molar-refractivity contribution in [2.24, 2.45) is 5.73 Å². The quantitative estimate of drug-likeness (QED) is 0.616. The van der Waals surface area contributed by atoms with E-state index in [1.807, 2.05) is 0 Å². The molecule has 0 saturated heterocycles. The van der Waals surface area contributed by atoms with Crippen molar-refractivity contribution in [2.45, 2.75) is 17.9 Å². The number of nitrogens with two attached hydrogens (primary N) is 1. The number of carboxylic acid groups (broad SMARTS) is 1. The average Bonchev–Trinajstić information content (AvgIpc) is 2.94. The van der Waals surface area contributed by atoms with Crippen LogP contribution >= 0.6 is 11.6 Å². The van der Waals surface area contributed by atoms with Crippen molar-refractivity contribution >= 4 is 33.2 Å². The maximum absolute atomic E-state index is 14.4. The zero-order valence-electron chi connectivity index (χ0n) is 15.0. The number of halogens is 3. The van der Waals surface area contributed by atoms with Gasteiger partial charge >= 0.3 is 5.97 Å². The van der Waals surface area contributed by atoms with Gasteiger partial charge in [0.15, 0.2) is 15.7 Å². The first kappa shape index (κ1) is 21.3. The third kappa shape index (κ3) is 4.62. The summed E-state index contributed by atoms with van der Waals surface area (Å²) in [5, 5.41) is 8.57. The number of anilines is 1. The smallest absolute Gasteiger partial charge is 0.305 e. The largest absolute Gasteiger partial charge is 0.481 e. The molecule has 1 aliphatic rings. The number of hydrogen-bond acceptors (Lipinski definition) is 7. The summed E-state index contributed by atoms with van der Waals surface area (Å²) in [7, 11) is -3.50. The lowest BCUT2D eigenvalue weighted by molar-refractivity contribution is -0.136. The predicted octanol–water partition coefficient (Wildman–Crippen LogP) is 1.74. The van der Waals surface area contributed by atoms with Crippen LogP contribution in [0.1, 0.15) is 17.7 Å². The number of benzene rings is 1. The number of sulfone groups is 1. The van der Waals surface area contributed by atoms with Gasteiger partial charge in [0.1, 0.15) is 17.5 Å². The van der Waals surface area contributed by atoms with Crippen LogP contribution in [-0.4, -0.2) is 49.1 Å². The third-order valence-corrected chi connectivity index (χ3v) is 6.07. The van der Waals surface area contributed by atoms with Gasteiger partial charge in [-0.25, -0.2) is 27.2 Å². The highest BCUT2D eigenvalue weighted by atomic mass is 35.5. The second kappa shape index (κ2) is 8.17. The monoisotopic (exact) mass is 446 g/mol. The number of hydrogen-bond donors (Lipinski definition) is 2. The summed E-state index contributed by atoms with van der Waals surface area (Å²) in [5.41, 5.74) is 5.79. The number of aliphatic carboxylic acids is 1. The molecule has 8 nitrogen and oxygen atoms in total. The molecule has 0 spiro atoms. The summed E-state index contributed by atoms with van der Waals surface area (Å²) >= 11 is 5.59. The minimum atomic E-state index is -3.50. The van der Waals surface area contributed by atoms with Crippen LogP contribution in [0.3, 0.4) is 0 Å². The zero-order valence-corrected chi connectivity index (χ0v) is 16.6. The Labute approximate surface area is 170 Å². The highest BCUT2D eigenvalue weighted by molar-refractivity contribution is 7.90. The summed E-state index contributed by atoms with van der Waals surface area (Å²) in [6.45, 7) is 0.338. The summed E-state index contributed by atoms with van der Waals surface area (Å²) in [6.07, 6.45) is -0.245. The average molecular weight is 447 g/mol. The molecule has 0 saturated carbocycles. The van der Waals surface area contributed by atoms with Gasteiger partial charge in [0, 0.05) is 25.2 Å². The molecule has 0 unspecified atom stereocenters. The number of nitrogens with zero attached hydrogens (tertiary/aromatic N) is 3. The molecule has 1 aromatic heterocycles. The van der Waals surface area contributed by atoms with Crippen LogP contribution in [0.25, 0.3) is 11.4 Å². The highest BCUT2D eigenvalue weighted by Crippen LogP contribution is 2.34. The lowest BCUT2D eigenvalue weighted by Gasteiger charge is -2.25. The second-order valence-corrected chi connectivity index (χ2v) is 8.97. The van der Waals surface area contributed by atoms with E-state index in [2.05, 4.69) is 9.97 Å². The fraction of sp³-hybridized carbons (Fsp3) is 0.353. The molecule has 0 amide bonds. The predicted molar refractivity (Wildman–Crippen MR) is 102 cm³/mol. The van der Waals surface area contributed by atoms with Gasteiger partial charge in [-0.05, 0) is 12.1 Å². The minimum absolute atomic E-state index is 0.00688. The van der Waals surface area contributed by atoms with Crippen molar-refractivity contribution in [3.05, 3.63) is 40.0 Å². The third-order valence-electron chi connectivity index (χ3n) is 4.34. The molecule has 0 atom stereocenters. The molecule has 0 radical (unpaired) electrons. The van der Waals surface area contributed by atoms with E-state index >= 15 is 0 Å². The van der Waals surface area contributed by atoms with Crippen molar-refractivity contribution in [1.82, 2.24) is 9.97 Å². The van der Waals surface area contributed by atoms with E-state index in [1.54, 1.807) is 0 Å². The number of carbonyl (C=O) groups is 1. The van der Waals surface area contributed by atoms with Gasteiger partial charge in [0.2, 0.25) is 0 Å². The zero-order chi connectivity index (χ0) is 21.3. The van der Waals surface area contributed by atoms with E-state index in [-0.39, 0.29) is 60.5 Å². The molecule has 3 N–H and O–H groups in total. The van der Waals surface area contributed by atoms with Crippen LogP contribution in [-0.2, 0) is 26.1 Å². The SMILES string of the molecule is NCCN(CCC(=O)O)c1nc(-c2cc(F)c(Cl)cc2F)nc2c1CS(=O)(=O)C2. The van der Waals surface area contributed by atoms with Gasteiger partial charge < -0.3 is 15.7 Å². The molecule has 1 aliphatic heterocycles. The Balaban J connectivity index is 2.17. The number of carboxylic acids is 1. The normalized spacial score (nSPS) is 14.6. The first-order valence-corrected chi connectivity index (χ1v) is 10.7. The van der Waals surface area contributed by atoms with E-state index < -0.39 is 32.5 Å². The van der Waals surface area contributed by atoms with Crippen LogP contribution in [0.2, 0.25) is 5.02 Å². The molecule has 2 heterocycles. The Morgan fingerprint density at radius 1 is 1.21 bits per heavy atom. The van der Waals surface area contributed by atoms with Crippen LogP contribution in [0.5, 0.6) is 0 Å². The van der Waals surface area contributed by atoms with Crippen molar-refractivity contribution < 1.29 is 27.1 Å². The summed E-state index contributed by atoms with van der Waals surface area (Å²) < 4.78 is 52.6. The molecular formula is C17H17ClF2N4O4S. The lowest BCUT2D eigenvalue weighted by atomic mass is 10.1. The number of rotatable bonds is 7. The van der Waals surface area contributed by atoms with Gasteiger partial charge in [0.05, 0.1) is 34.2 Å². The summed E-state index contributed by atoms with van der Waals surface area (Å²) in [6, 6.07) is 1.61. The molecule has 3 rings (SSSR count). The first-order valence-electron chi connectivity index (χ1n) is 8.53. The van der Waals surface area contributed by atoms with Crippen LogP contribution in [0.4, 0.5) is 14.6 Å². The van der Waals surface area contributed by atoms with Gasteiger partial charge in [-0.3, -0.25) is 4.79 Å². The first-order chi connectivity index (χ1) is 13.6. The molecule has 1 aromatic carbocycles. The molecular weight excluding hydrogens is 430 g/mol. The van der Waals surface area contributed by atoms with E-state index in [0.717, 1.165) is 12.1 Å². The van der Waals surface area contributed by atoms with Crippen molar-refractivity contribution in [3.63, 3.8) is 0 Å². The Bertz CT molecular complexity index is 1080. The van der Waals surface area contributed by atoms with Gasteiger partial charge in [0.25, 0.3) is 0 Å². The van der Waals surface area contributed by atoms with Crippen LogP contribution in [0.15, 0.2) is 12.1 Å². The molecule has 2 aromatic rings. The van der Waals surface area contributed by atoms with E-state index in [1.165, 1.54) is 4.90 Å². The van der Waals surface area contributed by atoms with Crippen molar-refractivity contribution in [1.29, 1.82) is 0 Å². The molecule has 0 bridgehead atoms. The Morgan fingerprint density at radius 2 is 1.93 bits per heavy atom. The summed E-state index contributed by atoms with van der Waals surface area (Å²) in [4.78, 5) is 20.9. The van der Waals surface area contributed by atoms with Gasteiger partial charge in [-0.1, -0.05) is 11.6 Å². The number of fused-ring (bicyclic) bond motifs is 1. The van der Waals surface area contributed by atoms with Crippen LogP contribution < -0.4 is 10.6 Å². The Kier molecular flexibility index (Phi) is 6.01. The van der Waals surface area contributed by atoms with E-state index in [0.29, 0.717) is 5.56 Å². The van der Waals surface area contributed by atoms with Crippen molar-refractivity contribution in [2.75, 3.05) is 24.5 Å². The maximum Gasteiger partial charge on any atom is 0.305 e. The van der Waals surface area contributed by atoms with E-state index in [4.69, 9.17) is 22.4 Å². The molecule has 0 aliphatic carbocycles. The second-order valence-electron chi connectivity index (χ2n) is 6.49. The standard InChI is InChI=1S/C17H17ClF2N4O4S/c18-11-6-12(19)9(5-13(11)20)16-22-14-8-29(27,28)7-10(14)17(23-16)24(4-2-21)3-1-15(25)26/h5-6H,1-4,7-8,21H2,(H,25,26). The highest BCUT2D eigenvalue weighted by Gasteiger charge is 2.32. The molecule has 12 heteroatoms. The fourth-order valence-corrected chi connectivity index (χ4v) is 4.69. The Hall–Kier alpha value is -2.37. The van der Waals surface area contributed by atoms with Crippen molar-refractivity contribution in [3.8, 4) is 11.4 Å². The van der Waals surface area contributed by atoms with Gasteiger partial charge in [-0.2, -0.15) is 0 Å². The van der Waals surface area contributed by atoms with Crippen LogP contribution in [0, 0.1) is 11.6 Å². The molecule has 0 fully saturated rings. The number of aromatic nitrogens is 2. The summed E-state index contributed by atoms with van der Waals surface area (Å²) in [5.74, 6) is -3.60. The maximum atomic E-state index is 14.4.